The molecule has 1 atom stereocenters. The van der Waals surface area contributed by atoms with Gasteiger partial charge in [-0.15, -0.1) is 0 Å². The number of ether oxygens (including phenoxy) is 2. The number of halogens is 2. The Morgan fingerprint density at radius 1 is 1.19 bits per heavy atom. The highest BCUT2D eigenvalue weighted by atomic mass is 35.5. The van der Waals surface area contributed by atoms with E-state index in [0.717, 1.165) is 0 Å². The summed E-state index contributed by atoms with van der Waals surface area (Å²) in [6, 6.07) is 7.30. The van der Waals surface area contributed by atoms with Gasteiger partial charge in [-0.05, 0) is 18.2 Å². The second-order valence-corrected chi connectivity index (χ2v) is 9.17. The average molecular weight is 528 g/mol. The summed E-state index contributed by atoms with van der Waals surface area (Å²) in [5.74, 6) is -0.821. The first kappa shape index (κ1) is 24.7. The highest BCUT2D eigenvalue weighted by molar-refractivity contribution is 6.39. The van der Waals surface area contributed by atoms with Crippen molar-refractivity contribution in [3.05, 3.63) is 47.5 Å². The molecule has 2 saturated heterocycles. The van der Waals surface area contributed by atoms with Gasteiger partial charge in [0.15, 0.2) is 17.3 Å². The van der Waals surface area contributed by atoms with Gasteiger partial charge in [0.2, 0.25) is 11.7 Å². The number of ketones is 1. The normalized spacial score (nSPS) is 18.1. The number of benzene rings is 2. The summed E-state index contributed by atoms with van der Waals surface area (Å²) in [6.45, 7) is 0.864. The van der Waals surface area contributed by atoms with E-state index in [1.54, 1.807) is 29.2 Å². The van der Waals surface area contributed by atoms with E-state index in [9.17, 15) is 18.8 Å². The van der Waals surface area contributed by atoms with Crippen molar-refractivity contribution in [1.82, 2.24) is 20.2 Å². The number of likely N-dealkylation sites (tertiary alicyclic amines) is 1. The van der Waals surface area contributed by atoms with Crippen molar-refractivity contribution in [2.24, 2.45) is 0 Å². The van der Waals surface area contributed by atoms with E-state index < -0.39 is 23.5 Å². The Balaban J connectivity index is 1.30. The maximum atomic E-state index is 14.4. The number of hydrogen-bond acceptors (Lipinski definition) is 8. The van der Waals surface area contributed by atoms with Crippen molar-refractivity contribution in [1.29, 1.82) is 0 Å². The molecular formula is C25H23ClFN5O5. The zero-order chi connectivity index (χ0) is 26.1. The maximum absolute atomic E-state index is 14.4. The molecule has 37 heavy (non-hydrogen) atoms. The van der Waals surface area contributed by atoms with Gasteiger partial charge in [-0.1, -0.05) is 17.7 Å². The summed E-state index contributed by atoms with van der Waals surface area (Å²) >= 11 is 5.89. The van der Waals surface area contributed by atoms with E-state index in [1.165, 1.54) is 19.5 Å². The summed E-state index contributed by atoms with van der Waals surface area (Å²) < 4.78 is 26.2. The molecule has 0 radical (unpaired) electrons. The highest BCUT2D eigenvalue weighted by Crippen LogP contribution is 2.36. The number of amides is 2. The van der Waals surface area contributed by atoms with Crippen LogP contribution in [-0.4, -0.2) is 64.8 Å². The SMILES string of the molecule is COc1cc2c(Nc3cccc(Cl)c3F)ncnc2cc1OC1CCN(C(=O)C2CC(=O)C(=O)N2)CC1. The van der Waals surface area contributed by atoms with Crippen LogP contribution in [0.2, 0.25) is 5.02 Å². The minimum Gasteiger partial charge on any atom is -0.493 e. The van der Waals surface area contributed by atoms with Crippen molar-refractivity contribution >= 4 is 51.6 Å². The molecule has 2 aromatic carbocycles. The summed E-state index contributed by atoms with van der Waals surface area (Å²) in [7, 11) is 1.51. The van der Waals surface area contributed by atoms with E-state index in [0.29, 0.717) is 54.2 Å². The van der Waals surface area contributed by atoms with Gasteiger partial charge in [0, 0.05) is 43.8 Å². The number of nitrogens with one attached hydrogen (secondary N) is 2. The van der Waals surface area contributed by atoms with Crippen molar-refractivity contribution in [3.8, 4) is 11.5 Å². The van der Waals surface area contributed by atoms with Crippen LogP contribution >= 0.6 is 11.6 Å². The Morgan fingerprint density at radius 3 is 2.68 bits per heavy atom. The fourth-order valence-corrected chi connectivity index (χ4v) is 4.63. The van der Waals surface area contributed by atoms with Crippen molar-refractivity contribution < 1.29 is 28.2 Å². The molecule has 192 valence electrons. The quantitative estimate of drug-likeness (QED) is 0.469. The summed E-state index contributed by atoms with van der Waals surface area (Å²) in [5, 5.41) is 5.99. The fourth-order valence-electron chi connectivity index (χ4n) is 4.45. The van der Waals surface area contributed by atoms with Gasteiger partial charge >= 0.3 is 0 Å². The van der Waals surface area contributed by atoms with Crippen LogP contribution in [0.3, 0.4) is 0 Å². The van der Waals surface area contributed by atoms with Gasteiger partial charge in [0.25, 0.3) is 5.91 Å². The van der Waals surface area contributed by atoms with E-state index in [1.807, 2.05) is 0 Å². The van der Waals surface area contributed by atoms with Crippen molar-refractivity contribution in [2.75, 3.05) is 25.5 Å². The third-order valence-corrected chi connectivity index (χ3v) is 6.71. The average Bonchev–Trinajstić information content (AvgIpc) is 3.24. The second-order valence-electron chi connectivity index (χ2n) is 8.76. The molecule has 2 aliphatic heterocycles. The first-order valence-corrected chi connectivity index (χ1v) is 12.0. The lowest BCUT2D eigenvalue weighted by Gasteiger charge is -2.33. The lowest BCUT2D eigenvalue weighted by molar-refractivity contribution is -0.136. The topological polar surface area (TPSA) is 123 Å². The van der Waals surface area contributed by atoms with Crippen LogP contribution in [0.5, 0.6) is 11.5 Å². The summed E-state index contributed by atoms with van der Waals surface area (Å²) in [4.78, 5) is 45.8. The third-order valence-electron chi connectivity index (χ3n) is 6.42. The van der Waals surface area contributed by atoms with E-state index in [-0.39, 0.29) is 29.1 Å². The Kier molecular flexibility index (Phi) is 6.79. The van der Waals surface area contributed by atoms with Gasteiger partial charge in [-0.25, -0.2) is 14.4 Å². The van der Waals surface area contributed by atoms with Gasteiger partial charge in [0.1, 0.15) is 24.3 Å². The first-order chi connectivity index (χ1) is 17.8. The summed E-state index contributed by atoms with van der Waals surface area (Å²) in [5.41, 5.74) is 0.736. The number of Topliss-reactive ketones (excluding diaryl/α,β-unsaturated/α-hetero) is 1. The minimum absolute atomic E-state index is 0.00846. The van der Waals surface area contributed by atoms with Crippen LogP contribution in [0, 0.1) is 5.82 Å². The minimum atomic E-state index is -0.791. The molecule has 0 bridgehead atoms. The lowest BCUT2D eigenvalue weighted by Crippen LogP contribution is -2.49. The molecule has 1 unspecified atom stereocenters. The van der Waals surface area contributed by atoms with Crippen LogP contribution < -0.4 is 20.1 Å². The predicted octanol–water partition coefficient (Wildman–Crippen LogP) is 3.00. The van der Waals surface area contributed by atoms with Crippen LogP contribution in [-0.2, 0) is 14.4 Å². The highest BCUT2D eigenvalue weighted by Gasteiger charge is 2.37. The van der Waals surface area contributed by atoms with Gasteiger partial charge in [-0.2, -0.15) is 0 Å². The maximum Gasteiger partial charge on any atom is 0.288 e. The number of nitrogens with zero attached hydrogens (tertiary/aromatic N) is 3. The monoisotopic (exact) mass is 527 g/mol. The summed E-state index contributed by atoms with van der Waals surface area (Å²) in [6.07, 6.45) is 2.19. The molecule has 2 N–H and O–H groups in total. The van der Waals surface area contributed by atoms with Gasteiger partial charge in [-0.3, -0.25) is 14.4 Å². The fraction of sp³-hybridized carbons (Fsp3) is 0.320. The predicted molar refractivity (Wildman–Crippen MR) is 133 cm³/mol. The molecule has 0 spiro atoms. The van der Waals surface area contributed by atoms with Gasteiger partial charge < -0.3 is 25.0 Å². The molecule has 1 aromatic heterocycles. The van der Waals surface area contributed by atoms with Crippen LogP contribution in [0.1, 0.15) is 19.3 Å². The smallest absolute Gasteiger partial charge is 0.288 e. The third kappa shape index (κ3) is 4.99. The zero-order valence-corrected chi connectivity index (χ0v) is 20.5. The number of hydrogen-bond donors (Lipinski definition) is 2. The molecule has 3 heterocycles. The molecular weight excluding hydrogens is 505 g/mol. The number of piperidine rings is 1. The number of rotatable bonds is 6. The number of anilines is 2. The molecule has 10 nitrogen and oxygen atoms in total. The second kappa shape index (κ2) is 10.2. The standard InChI is InChI=1S/C25H23ClFN5O5/c1-36-20-9-14-17(28-12-29-23(14)30-16-4-2-3-15(26)22(16)27)11-21(20)37-13-5-7-32(8-6-13)25(35)18-10-19(33)24(34)31-18/h2-4,9,11-13,18H,5-8,10H2,1H3,(H,31,34)(H,28,29,30). The van der Waals surface area contributed by atoms with E-state index in [2.05, 4.69) is 20.6 Å². The Bertz CT molecular complexity index is 1380. The van der Waals surface area contributed by atoms with E-state index in [4.69, 9.17) is 21.1 Å². The first-order valence-electron chi connectivity index (χ1n) is 11.7. The number of fused-ring (bicyclic) bond motifs is 1. The molecule has 2 aliphatic rings. The lowest BCUT2D eigenvalue weighted by atomic mass is 10.1. The molecule has 3 aromatic rings. The molecule has 2 fully saturated rings. The zero-order valence-electron chi connectivity index (χ0n) is 19.8. The molecule has 2 amide bonds. The molecule has 5 rings (SSSR count). The van der Waals surface area contributed by atoms with Crippen LogP contribution in [0.15, 0.2) is 36.7 Å². The van der Waals surface area contributed by atoms with Crippen molar-refractivity contribution in [2.45, 2.75) is 31.4 Å². The van der Waals surface area contributed by atoms with Crippen molar-refractivity contribution in [3.63, 3.8) is 0 Å². The Labute approximate surface area is 216 Å². The van der Waals surface area contributed by atoms with Gasteiger partial charge in [0.05, 0.1) is 23.3 Å². The molecule has 12 heteroatoms. The number of carbonyl (C=O) groups excluding carboxylic acids is 3. The number of methoxy groups -OCH3 is 1. The molecule has 0 aliphatic carbocycles. The Morgan fingerprint density at radius 2 is 1.97 bits per heavy atom. The van der Waals surface area contributed by atoms with Crippen LogP contribution in [0.25, 0.3) is 10.9 Å². The number of aromatic nitrogens is 2. The van der Waals surface area contributed by atoms with E-state index >= 15 is 0 Å². The Hall–Kier alpha value is -3.99. The number of carbonyl (C=O) groups is 3. The van der Waals surface area contributed by atoms with Crippen LogP contribution in [0.4, 0.5) is 15.9 Å². The molecule has 0 saturated carbocycles. The largest absolute Gasteiger partial charge is 0.493 e.